The van der Waals surface area contributed by atoms with Gasteiger partial charge in [0.25, 0.3) is 0 Å². The highest BCUT2D eigenvalue weighted by atomic mass is 32.1. The van der Waals surface area contributed by atoms with E-state index in [0.29, 0.717) is 11.8 Å². The summed E-state index contributed by atoms with van der Waals surface area (Å²) in [6.07, 6.45) is 0. The molecule has 0 heterocycles. The second-order valence-electron chi connectivity index (χ2n) is 4.09. The quantitative estimate of drug-likeness (QED) is 0.795. The van der Waals surface area contributed by atoms with Gasteiger partial charge >= 0.3 is 0 Å². The Bertz CT molecular complexity index is 316. The van der Waals surface area contributed by atoms with E-state index in [-0.39, 0.29) is 0 Å². The lowest BCUT2D eigenvalue weighted by atomic mass is 9.90. The van der Waals surface area contributed by atoms with E-state index < -0.39 is 0 Å². The van der Waals surface area contributed by atoms with Crippen LogP contribution < -0.4 is 9.47 Å². The van der Waals surface area contributed by atoms with Gasteiger partial charge in [0.1, 0.15) is 11.5 Å². The molecule has 0 aliphatic carbocycles. The van der Waals surface area contributed by atoms with E-state index in [1.807, 2.05) is 6.07 Å². The van der Waals surface area contributed by atoms with Gasteiger partial charge in [-0.15, -0.1) is 0 Å². The molecule has 90 valence electrons. The molecule has 0 fully saturated rings. The average molecular weight is 240 g/mol. The molecule has 0 bridgehead atoms. The summed E-state index contributed by atoms with van der Waals surface area (Å²) in [5.74, 6) is 3.53. The highest BCUT2D eigenvalue weighted by Crippen LogP contribution is 2.31. The van der Waals surface area contributed by atoms with Crippen molar-refractivity contribution in [2.45, 2.75) is 19.8 Å². The topological polar surface area (TPSA) is 18.5 Å². The summed E-state index contributed by atoms with van der Waals surface area (Å²) < 4.78 is 10.5. The minimum absolute atomic E-state index is 0.446. The Balaban J connectivity index is 3.02. The van der Waals surface area contributed by atoms with Gasteiger partial charge in [-0.25, -0.2) is 0 Å². The molecule has 0 aliphatic rings. The van der Waals surface area contributed by atoms with Gasteiger partial charge in [0, 0.05) is 6.07 Å². The molecule has 1 aromatic rings. The van der Waals surface area contributed by atoms with Crippen molar-refractivity contribution in [1.29, 1.82) is 0 Å². The third-order valence-corrected chi connectivity index (χ3v) is 3.62. The van der Waals surface area contributed by atoms with Crippen molar-refractivity contribution in [3.63, 3.8) is 0 Å². The van der Waals surface area contributed by atoms with Gasteiger partial charge in [-0.1, -0.05) is 13.8 Å². The van der Waals surface area contributed by atoms with Gasteiger partial charge in [0.05, 0.1) is 14.2 Å². The smallest absolute Gasteiger partial charge is 0.122 e. The lowest BCUT2D eigenvalue weighted by Gasteiger charge is -2.19. The van der Waals surface area contributed by atoms with E-state index in [4.69, 9.17) is 9.47 Å². The van der Waals surface area contributed by atoms with Gasteiger partial charge in [-0.2, -0.15) is 12.6 Å². The molecule has 0 aliphatic heterocycles. The third kappa shape index (κ3) is 3.08. The SMILES string of the molecule is COc1cc(OC)cc(C(C)C(C)CS)c1. The zero-order valence-corrected chi connectivity index (χ0v) is 11.3. The van der Waals surface area contributed by atoms with E-state index in [1.165, 1.54) is 5.56 Å². The van der Waals surface area contributed by atoms with Crippen molar-refractivity contribution < 1.29 is 9.47 Å². The summed E-state index contributed by atoms with van der Waals surface area (Å²) in [5, 5.41) is 0. The highest BCUT2D eigenvalue weighted by Gasteiger charge is 2.14. The van der Waals surface area contributed by atoms with Crippen LogP contribution in [0.2, 0.25) is 0 Å². The number of hydrogen-bond acceptors (Lipinski definition) is 3. The van der Waals surface area contributed by atoms with Gasteiger partial charge in [-0.3, -0.25) is 0 Å². The van der Waals surface area contributed by atoms with Crippen LogP contribution in [0.25, 0.3) is 0 Å². The summed E-state index contributed by atoms with van der Waals surface area (Å²) in [7, 11) is 3.34. The summed E-state index contributed by atoms with van der Waals surface area (Å²) in [4.78, 5) is 0. The molecular weight excluding hydrogens is 220 g/mol. The summed E-state index contributed by atoms with van der Waals surface area (Å²) >= 11 is 4.34. The summed E-state index contributed by atoms with van der Waals surface area (Å²) in [6, 6.07) is 6.02. The molecular formula is C13H20O2S. The molecule has 0 saturated carbocycles. The molecule has 16 heavy (non-hydrogen) atoms. The maximum absolute atomic E-state index is 5.26. The van der Waals surface area contributed by atoms with Crippen molar-refractivity contribution in [3.05, 3.63) is 23.8 Å². The van der Waals surface area contributed by atoms with Gasteiger partial charge in [-0.05, 0) is 35.3 Å². The first-order valence-corrected chi connectivity index (χ1v) is 6.09. The Morgan fingerprint density at radius 3 is 1.94 bits per heavy atom. The molecule has 3 heteroatoms. The second-order valence-corrected chi connectivity index (χ2v) is 4.46. The maximum atomic E-state index is 5.26. The van der Waals surface area contributed by atoms with Crippen molar-refractivity contribution in [1.82, 2.24) is 0 Å². The number of ether oxygens (including phenoxy) is 2. The predicted octanol–water partition coefficient (Wildman–Crippen LogP) is 3.37. The third-order valence-electron chi connectivity index (χ3n) is 3.04. The monoisotopic (exact) mass is 240 g/mol. The van der Waals surface area contributed by atoms with Crippen LogP contribution in [-0.4, -0.2) is 20.0 Å². The standard InChI is InChI=1S/C13H20O2S/c1-9(8-16)10(2)11-5-12(14-3)7-13(6-11)15-4/h5-7,9-10,16H,8H2,1-4H3. The van der Waals surface area contributed by atoms with Gasteiger partial charge in [0.15, 0.2) is 0 Å². The minimum atomic E-state index is 0.446. The van der Waals surface area contributed by atoms with Crippen LogP contribution in [0.15, 0.2) is 18.2 Å². The summed E-state index contributed by atoms with van der Waals surface area (Å²) in [5.41, 5.74) is 1.23. The van der Waals surface area contributed by atoms with Crippen LogP contribution in [0.1, 0.15) is 25.3 Å². The van der Waals surface area contributed by atoms with Crippen LogP contribution in [0.5, 0.6) is 11.5 Å². The first-order chi connectivity index (χ1) is 7.62. The highest BCUT2D eigenvalue weighted by molar-refractivity contribution is 7.80. The van der Waals surface area contributed by atoms with Crippen LogP contribution in [0.4, 0.5) is 0 Å². The number of thiol groups is 1. The normalized spacial score (nSPS) is 14.3. The van der Waals surface area contributed by atoms with Crippen LogP contribution in [-0.2, 0) is 0 Å². The lowest BCUT2D eigenvalue weighted by Crippen LogP contribution is -2.08. The number of hydrogen-bond donors (Lipinski definition) is 1. The average Bonchev–Trinajstić information content (AvgIpc) is 2.35. The Morgan fingerprint density at radius 1 is 1.06 bits per heavy atom. The van der Waals surface area contributed by atoms with E-state index in [0.717, 1.165) is 17.3 Å². The molecule has 1 rings (SSSR count). The molecule has 0 radical (unpaired) electrons. The molecule has 2 nitrogen and oxygen atoms in total. The fourth-order valence-corrected chi connectivity index (χ4v) is 1.90. The Hall–Kier alpha value is -0.830. The number of benzene rings is 1. The van der Waals surface area contributed by atoms with Crippen LogP contribution >= 0.6 is 12.6 Å². The molecule has 1 aromatic carbocycles. The summed E-state index contributed by atoms with van der Waals surface area (Å²) in [6.45, 7) is 4.40. The van der Waals surface area contributed by atoms with Crippen LogP contribution in [0, 0.1) is 5.92 Å². The second kappa shape index (κ2) is 6.04. The number of rotatable bonds is 5. The largest absolute Gasteiger partial charge is 0.497 e. The number of methoxy groups -OCH3 is 2. The van der Waals surface area contributed by atoms with Crippen molar-refractivity contribution >= 4 is 12.6 Å². The molecule has 2 unspecified atom stereocenters. The zero-order chi connectivity index (χ0) is 12.1. The van der Waals surface area contributed by atoms with E-state index >= 15 is 0 Å². The molecule has 0 amide bonds. The minimum Gasteiger partial charge on any atom is -0.497 e. The Kier molecular flexibility index (Phi) is 5.00. The molecule has 2 atom stereocenters. The first-order valence-electron chi connectivity index (χ1n) is 5.46. The fourth-order valence-electron chi connectivity index (χ4n) is 1.58. The predicted molar refractivity (Wildman–Crippen MR) is 71.0 cm³/mol. The van der Waals surface area contributed by atoms with E-state index in [9.17, 15) is 0 Å². The molecule has 0 N–H and O–H groups in total. The van der Waals surface area contributed by atoms with Gasteiger partial charge in [0.2, 0.25) is 0 Å². The Labute approximate surface area is 103 Å². The fraction of sp³-hybridized carbons (Fsp3) is 0.538. The maximum Gasteiger partial charge on any atom is 0.122 e. The Morgan fingerprint density at radius 2 is 1.56 bits per heavy atom. The van der Waals surface area contributed by atoms with Crippen LogP contribution in [0.3, 0.4) is 0 Å². The first kappa shape index (κ1) is 13.2. The van der Waals surface area contributed by atoms with Crippen molar-refractivity contribution in [3.8, 4) is 11.5 Å². The van der Waals surface area contributed by atoms with E-state index in [2.05, 4.69) is 38.6 Å². The zero-order valence-electron chi connectivity index (χ0n) is 10.4. The molecule has 0 saturated heterocycles. The van der Waals surface area contributed by atoms with Gasteiger partial charge < -0.3 is 9.47 Å². The van der Waals surface area contributed by atoms with Crippen molar-refractivity contribution in [2.24, 2.45) is 5.92 Å². The lowest BCUT2D eigenvalue weighted by molar-refractivity contribution is 0.391. The molecule has 0 spiro atoms. The van der Waals surface area contributed by atoms with E-state index in [1.54, 1.807) is 14.2 Å². The van der Waals surface area contributed by atoms with Crippen molar-refractivity contribution in [2.75, 3.05) is 20.0 Å². The molecule has 0 aromatic heterocycles.